The van der Waals surface area contributed by atoms with Gasteiger partial charge in [-0.2, -0.15) is 16.8 Å². The zero-order chi connectivity index (χ0) is 22.5. The molecular formula is C15H16N2O11S2. The first-order valence-corrected chi connectivity index (χ1v) is 10.6. The van der Waals surface area contributed by atoms with E-state index in [1.54, 1.807) is 0 Å². The van der Waals surface area contributed by atoms with Crippen LogP contribution in [0.3, 0.4) is 0 Å². The van der Waals surface area contributed by atoms with Gasteiger partial charge in [0.1, 0.15) is 18.5 Å². The summed E-state index contributed by atoms with van der Waals surface area (Å²) in [6.07, 6.45) is -3.29. The van der Waals surface area contributed by atoms with Gasteiger partial charge >= 0.3 is 20.8 Å². The molecule has 0 spiro atoms. The van der Waals surface area contributed by atoms with Crippen LogP contribution >= 0.6 is 0 Å². The molecule has 0 fully saturated rings. The van der Waals surface area contributed by atoms with E-state index < -0.39 is 44.5 Å². The number of benzene rings is 2. The first-order valence-electron chi connectivity index (χ1n) is 7.88. The highest BCUT2D eigenvalue weighted by molar-refractivity contribution is 7.81. The molecule has 2 aromatic carbocycles. The molecule has 30 heavy (non-hydrogen) atoms. The zero-order valence-corrected chi connectivity index (χ0v) is 16.5. The lowest BCUT2D eigenvalue weighted by molar-refractivity contribution is -0.384. The lowest BCUT2D eigenvalue weighted by Gasteiger charge is -2.26. The highest BCUT2D eigenvalue weighted by Crippen LogP contribution is 2.29. The van der Waals surface area contributed by atoms with E-state index in [1.165, 1.54) is 36.4 Å². The Morgan fingerprint density at radius 3 is 2.00 bits per heavy atom. The lowest BCUT2D eigenvalue weighted by Crippen LogP contribution is -2.34. The number of non-ortho nitro benzene ring substituents is 1. The smallest absolute Gasteiger partial charge is 0.397 e. The minimum Gasteiger partial charge on any atom is -0.483 e. The minimum atomic E-state index is -5.13. The highest BCUT2D eigenvalue weighted by atomic mass is 32.3. The monoisotopic (exact) mass is 464 g/mol. The van der Waals surface area contributed by atoms with E-state index in [9.17, 15) is 26.9 Å². The van der Waals surface area contributed by atoms with E-state index in [4.69, 9.17) is 19.6 Å². The summed E-state index contributed by atoms with van der Waals surface area (Å²) in [6, 6.07) is 10.3. The number of nitrogens with two attached hydrogens (primary N) is 1. The number of nitrogens with zero attached hydrogens (tertiary/aromatic N) is 1. The van der Waals surface area contributed by atoms with Crippen molar-refractivity contribution in [2.75, 3.05) is 12.3 Å². The third-order valence-electron chi connectivity index (χ3n) is 3.54. The summed E-state index contributed by atoms with van der Waals surface area (Å²) in [6.45, 7) is -1.09. The summed E-state index contributed by atoms with van der Waals surface area (Å²) < 4.78 is 76.5. The predicted molar refractivity (Wildman–Crippen MR) is 101 cm³/mol. The standard InChI is InChI=1S/C15H16N2O11S2/c16-11-3-7-13(8-4-11)27-15(10-1-5-12(6-2-10)17(18)19)14(28-30(23,24)25)9-26-29(20,21)22/h1-8,14-15H,9,16H2,(H,20,21,22)(H,23,24,25). The van der Waals surface area contributed by atoms with Gasteiger partial charge in [-0.1, -0.05) is 0 Å². The summed E-state index contributed by atoms with van der Waals surface area (Å²) in [7, 11) is -10.1. The topological polar surface area (TPSA) is 206 Å². The molecule has 13 nitrogen and oxygen atoms in total. The van der Waals surface area contributed by atoms with E-state index in [-0.39, 0.29) is 17.0 Å². The van der Waals surface area contributed by atoms with Crippen LogP contribution in [-0.2, 0) is 29.2 Å². The van der Waals surface area contributed by atoms with E-state index in [0.717, 1.165) is 12.1 Å². The van der Waals surface area contributed by atoms with Gasteiger partial charge in [0, 0.05) is 17.8 Å². The molecule has 2 aromatic rings. The van der Waals surface area contributed by atoms with Crippen LogP contribution in [-0.4, -0.2) is 43.6 Å². The number of hydrogen-bond donors (Lipinski definition) is 3. The third-order valence-corrected chi connectivity index (χ3v) is 4.46. The highest BCUT2D eigenvalue weighted by Gasteiger charge is 2.32. The van der Waals surface area contributed by atoms with Crippen molar-refractivity contribution in [2.45, 2.75) is 12.2 Å². The van der Waals surface area contributed by atoms with Crippen molar-refractivity contribution in [2.24, 2.45) is 0 Å². The number of rotatable bonds is 10. The van der Waals surface area contributed by atoms with Crippen LogP contribution in [0.5, 0.6) is 5.75 Å². The maximum absolute atomic E-state index is 11.2. The quantitative estimate of drug-likeness (QED) is 0.197. The Morgan fingerprint density at radius 2 is 1.53 bits per heavy atom. The molecule has 0 aliphatic heterocycles. The van der Waals surface area contributed by atoms with Crippen molar-refractivity contribution >= 4 is 32.2 Å². The molecule has 0 heterocycles. The second-order valence-corrected chi connectivity index (χ2v) is 7.87. The third kappa shape index (κ3) is 7.54. The van der Waals surface area contributed by atoms with Crippen molar-refractivity contribution in [1.82, 2.24) is 0 Å². The molecule has 0 amide bonds. The Kier molecular flexibility index (Phi) is 7.30. The van der Waals surface area contributed by atoms with Gasteiger partial charge in [-0.05, 0) is 42.0 Å². The molecule has 2 unspecified atom stereocenters. The molecule has 0 bridgehead atoms. The first kappa shape index (κ1) is 23.5. The Labute approximate surface area is 171 Å². The average Bonchev–Trinajstić information content (AvgIpc) is 2.63. The maximum Gasteiger partial charge on any atom is 0.397 e. The molecule has 4 N–H and O–H groups in total. The SMILES string of the molecule is Nc1ccc(OC(c2ccc([N+](=O)[O-])cc2)C(COS(=O)(=O)O)OS(=O)(=O)O)cc1. The Morgan fingerprint density at radius 1 is 0.967 bits per heavy atom. The van der Waals surface area contributed by atoms with E-state index >= 15 is 0 Å². The number of ether oxygens (including phenoxy) is 1. The number of nitrogen functional groups attached to an aromatic ring is 1. The molecular weight excluding hydrogens is 448 g/mol. The Hall–Kier alpha value is -2.82. The van der Waals surface area contributed by atoms with E-state index in [1.807, 2.05) is 0 Å². The van der Waals surface area contributed by atoms with Crippen molar-refractivity contribution in [3.63, 3.8) is 0 Å². The number of anilines is 1. The fourth-order valence-corrected chi connectivity index (χ4v) is 3.09. The van der Waals surface area contributed by atoms with Gasteiger partial charge in [0.25, 0.3) is 5.69 Å². The molecule has 2 atom stereocenters. The maximum atomic E-state index is 11.2. The van der Waals surface area contributed by atoms with Crippen LogP contribution in [0.15, 0.2) is 48.5 Å². The second kappa shape index (κ2) is 9.33. The molecule has 2 rings (SSSR count). The largest absolute Gasteiger partial charge is 0.483 e. The number of hydrogen-bond acceptors (Lipinski definition) is 10. The molecule has 15 heteroatoms. The van der Waals surface area contributed by atoms with Crippen molar-refractivity contribution in [1.29, 1.82) is 0 Å². The molecule has 0 aliphatic carbocycles. The number of nitro benzene ring substituents is 1. The van der Waals surface area contributed by atoms with E-state index in [0.29, 0.717) is 5.69 Å². The van der Waals surface area contributed by atoms with Gasteiger partial charge in [-0.15, -0.1) is 0 Å². The second-order valence-electron chi connectivity index (χ2n) is 5.73. The van der Waals surface area contributed by atoms with Gasteiger partial charge in [-0.25, -0.2) is 8.37 Å². The van der Waals surface area contributed by atoms with Crippen LogP contribution in [0.2, 0.25) is 0 Å². The lowest BCUT2D eigenvalue weighted by atomic mass is 10.0. The fraction of sp³-hybridized carbons (Fsp3) is 0.200. The molecule has 0 saturated carbocycles. The fourth-order valence-electron chi connectivity index (χ4n) is 2.31. The summed E-state index contributed by atoms with van der Waals surface area (Å²) in [4.78, 5) is 10.2. The van der Waals surface area contributed by atoms with Crippen molar-refractivity contribution in [3.8, 4) is 5.75 Å². The summed E-state index contributed by atoms with van der Waals surface area (Å²) in [5, 5.41) is 10.9. The van der Waals surface area contributed by atoms with Gasteiger partial charge in [0.15, 0.2) is 6.10 Å². The average molecular weight is 464 g/mol. The molecule has 0 saturated heterocycles. The molecule has 164 valence electrons. The van der Waals surface area contributed by atoms with Crippen molar-refractivity contribution in [3.05, 3.63) is 64.2 Å². The zero-order valence-electron chi connectivity index (χ0n) is 14.9. The summed E-state index contributed by atoms with van der Waals surface area (Å²) in [5.74, 6) is 0.128. The van der Waals surface area contributed by atoms with Crippen LogP contribution in [0.4, 0.5) is 11.4 Å². The van der Waals surface area contributed by atoms with Gasteiger partial charge in [0.2, 0.25) is 0 Å². The van der Waals surface area contributed by atoms with Crippen LogP contribution < -0.4 is 10.5 Å². The molecule has 0 aromatic heterocycles. The van der Waals surface area contributed by atoms with Crippen molar-refractivity contribution < 1.29 is 44.0 Å². The molecule has 0 radical (unpaired) electrons. The Bertz CT molecular complexity index is 1080. The van der Waals surface area contributed by atoms with Crippen LogP contribution in [0.25, 0.3) is 0 Å². The predicted octanol–water partition coefficient (Wildman–Crippen LogP) is 1.30. The first-order chi connectivity index (χ1) is 13.8. The van der Waals surface area contributed by atoms with Gasteiger partial charge in [0.05, 0.1) is 4.92 Å². The normalized spacial score (nSPS) is 14.1. The summed E-state index contributed by atoms with van der Waals surface area (Å²) >= 11 is 0. The van der Waals surface area contributed by atoms with Crippen LogP contribution in [0, 0.1) is 10.1 Å². The van der Waals surface area contributed by atoms with E-state index in [2.05, 4.69) is 8.37 Å². The minimum absolute atomic E-state index is 0.102. The summed E-state index contributed by atoms with van der Waals surface area (Å²) in [5.41, 5.74) is 5.78. The number of nitro groups is 1. The Balaban J connectivity index is 2.47. The van der Waals surface area contributed by atoms with Gasteiger partial charge in [-0.3, -0.25) is 19.2 Å². The molecule has 0 aliphatic rings. The van der Waals surface area contributed by atoms with Gasteiger partial charge < -0.3 is 10.5 Å². The van der Waals surface area contributed by atoms with Crippen LogP contribution in [0.1, 0.15) is 11.7 Å².